The molecule has 0 unspecified atom stereocenters. The summed E-state index contributed by atoms with van der Waals surface area (Å²) >= 11 is 7.63. The van der Waals surface area contributed by atoms with Crippen molar-refractivity contribution in [1.29, 1.82) is 0 Å². The second-order valence-electron chi connectivity index (χ2n) is 6.99. The number of anilines is 1. The van der Waals surface area contributed by atoms with E-state index in [1.807, 2.05) is 17.5 Å². The summed E-state index contributed by atoms with van der Waals surface area (Å²) in [5.74, 6) is 0. The molecule has 1 saturated heterocycles. The molecule has 0 atom stereocenters. The minimum absolute atomic E-state index is 0.0977. The third kappa shape index (κ3) is 4.96. The lowest BCUT2D eigenvalue weighted by molar-refractivity contribution is -0.141. The van der Waals surface area contributed by atoms with E-state index in [1.165, 1.54) is 6.07 Å². The van der Waals surface area contributed by atoms with Gasteiger partial charge in [0.2, 0.25) is 0 Å². The molecule has 0 aliphatic carbocycles. The summed E-state index contributed by atoms with van der Waals surface area (Å²) in [4.78, 5) is 16.5. The number of amides is 2. The summed E-state index contributed by atoms with van der Waals surface area (Å²) in [6.07, 6.45) is -4.60. The molecule has 1 N–H and O–H groups in total. The number of halogens is 4. The maximum atomic E-state index is 13.2. The molecule has 1 aromatic carbocycles. The van der Waals surface area contributed by atoms with Crippen molar-refractivity contribution >= 4 is 34.0 Å². The standard InChI is InChI=1S/C20H19ClF3N5OS/c21-14-3-1-4-15(11-14)29-16(12-17(26-29)20(22,23)24)13-25-19(30)28-8-6-27(7-9-28)18-5-2-10-31-18/h1-5,10-12H,6-9,13H2,(H,25,30). The van der Waals surface area contributed by atoms with Crippen LogP contribution < -0.4 is 10.2 Å². The highest BCUT2D eigenvalue weighted by molar-refractivity contribution is 7.14. The second-order valence-corrected chi connectivity index (χ2v) is 8.36. The van der Waals surface area contributed by atoms with E-state index >= 15 is 0 Å². The maximum Gasteiger partial charge on any atom is 0.435 e. The molecule has 3 heterocycles. The number of carbonyl (C=O) groups is 1. The first kappa shape index (κ1) is 21.5. The Morgan fingerprint density at radius 3 is 2.55 bits per heavy atom. The number of urea groups is 1. The van der Waals surface area contributed by atoms with E-state index in [9.17, 15) is 18.0 Å². The van der Waals surface area contributed by atoms with Gasteiger partial charge in [-0.3, -0.25) is 0 Å². The number of nitrogens with zero attached hydrogens (tertiary/aromatic N) is 4. The monoisotopic (exact) mass is 469 g/mol. The molecule has 1 aliphatic rings. The Morgan fingerprint density at radius 1 is 1.13 bits per heavy atom. The fourth-order valence-electron chi connectivity index (χ4n) is 3.37. The smallest absolute Gasteiger partial charge is 0.360 e. The van der Waals surface area contributed by atoms with Crippen molar-refractivity contribution in [2.24, 2.45) is 0 Å². The summed E-state index contributed by atoms with van der Waals surface area (Å²) < 4.78 is 40.8. The van der Waals surface area contributed by atoms with Crippen molar-refractivity contribution in [3.8, 4) is 5.69 Å². The Hall–Kier alpha value is -2.72. The molecule has 1 fully saturated rings. The van der Waals surface area contributed by atoms with Crippen molar-refractivity contribution in [1.82, 2.24) is 20.0 Å². The van der Waals surface area contributed by atoms with Crippen LogP contribution in [0.25, 0.3) is 5.69 Å². The summed E-state index contributed by atoms with van der Waals surface area (Å²) in [6.45, 7) is 2.37. The number of benzene rings is 1. The normalized spacial score (nSPS) is 14.7. The molecule has 2 aromatic heterocycles. The van der Waals surface area contributed by atoms with Gasteiger partial charge in [-0.2, -0.15) is 18.3 Å². The number of alkyl halides is 3. The minimum Gasteiger partial charge on any atom is -0.360 e. The third-order valence-electron chi connectivity index (χ3n) is 4.93. The number of nitrogens with one attached hydrogen (secondary N) is 1. The van der Waals surface area contributed by atoms with Crippen molar-refractivity contribution in [2.75, 3.05) is 31.1 Å². The molecule has 31 heavy (non-hydrogen) atoms. The van der Waals surface area contributed by atoms with Gasteiger partial charge in [0.1, 0.15) is 0 Å². The van der Waals surface area contributed by atoms with Crippen LogP contribution in [0, 0.1) is 0 Å². The lowest BCUT2D eigenvalue weighted by atomic mass is 10.3. The molecule has 11 heteroatoms. The van der Waals surface area contributed by atoms with E-state index in [1.54, 1.807) is 34.4 Å². The van der Waals surface area contributed by atoms with Gasteiger partial charge in [-0.1, -0.05) is 17.7 Å². The highest BCUT2D eigenvalue weighted by atomic mass is 35.5. The fourth-order valence-corrected chi connectivity index (χ4v) is 4.34. The number of rotatable bonds is 4. The third-order valence-corrected chi connectivity index (χ3v) is 6.10. The van der Waals surface area contributed by atoms with E-state index in [2.05, 4.69) is 15.3 Å². The van der Waals surface area contributed by atoms with E-state index in [0.717, 1.165) is 15.7 Å². The molecule has 2 amide bonds. The number of piperazine rings is 1. The molecule has 164 valence electrons. The Kier molecular flexibility index (Phi) is 6.10. The lowest BCUT2D eigenvalue weighted by Crippen LogP contribution is -2.51. The van der Waals surface area contributed by atoms with Crippen LogP contribution in [0.15, 0.2) is 47.8 Å². The molecule has 0 saturated carbocycles. The number of hydrogen-bond acceptors (Lipinski definition) is 4. The Bertz CT molecular complexity index is 1050. The SMILES string of the molecule is O=C(NCc1cc(C(F)(F)F)nn1-c1cccc(Cl)c1)N1CCN(c2cccs2)CC1. The van der Waals surface area contributed by atoms with Crippen LogP contribution in [0.5, 0.6) is 0 Å². The van der Waals surface area contributed by atoms with Crippen LogP contribution >= 0.6 is 22.9 Å². The van der Waals surface area contributed by atoms with Crippen LogP contribution in [-0.4, -0.2) is 46.9 Å². The van der Waals surface area contributed by atoms with Crippen molar-refractivity contribution < 1.29 is 18.0 Å². The van der Waals surface area contributed by atoms with E-state index < -0.39 is 11.9 Å². The van der Waals surface area contributed by atoms with Crippen LogP contribution in [0.1, 0.15) is 11.4 Å². The first-order valence-corrected chi connectivity index (χ1v) is 10.8. The molecular formula is C20H19ClF3N5OS. The zero-order chi connectivity index (χ0) is 22.0. The van der Waals surface area contributed by atoms with Gasteiger partial charge in [-0.25, -0.2) is 9.48 Å². The summed E-state index contributed by atoms with van der Waals surface area (Å²) in [5.41, 5.74) is -0.432. The molecule has 0 bridgehead atoms. The second kappa shape index (κ2) is 8.80. The average Bonchev–Trinajstić information content (AvgIpc) is 3.42. The van der Waals surface area contributed by atoms with E-state index in [0.29, 0.717) is 36.9 Å². The lowest BCUT2D eigenvalue weighted by Gasteiger charge is -2.35. The van der Waals surface area contributed by atoms with Gasteiger partial charge in [-0.15, -0.1) is 11.3 Å². The van der Waals surface area contributed by atoms with Crippen LogP contribution in [0.3, 0.4) is 0 Å². The molecule has 6 nitrogen and oxygen atoms in total. The Balaban J connectivity index is 1.44. The van der Waals surface area contributed by atoms with Crippen molar-refractivity contribution in [3.05, 3.63) is 64.3 Å². The molecule has 0 radical (unpaired) electrons. The number of aromatic nitrogens is 2. The average molecular weight is 470 g/mol. The highest BCUT2D eigenvalue weighted by Crippen LogP contribution is 2.30. The minimum atomic E-state index is -4.60. The van der Waals surface area contributed by atoms with Gasteiger partial charge in [0.05, 0.1) is 22.9 Å². The van der Waals surface area contributed by atoms with Crippen molar-refractivity contribution in [3.63, 3.8) is 0 Å². The van der Waals surface area contributed by atoms with E-state index in [-0.39, 0.29) is 18.3 Å². The van der Waals surface area contributed by atoms with Gasteiger partial charge in [0.25, 0.3) is 0 Å². The van der Waals surface area contributed by atoms with Gasteiger partial charge in [0, 0.05) is 31.2 Å². The maximum absolute atomic E-state index is 13.2. The summed E-state index contributed by atoms with van der Waals surface area (Å²) in [6, 6.07) is 11.0. The van der Waals surface area contributed by atoms with Crippen LogP contribution in [0.4, 0.5) is 23.0 Å². The molecule has 4 rings (SSSR count). The van der Waals surface area contributed by atoms with Gasteiger partial charge >= 0.3 is 12.2 Å². The number of carbonyl (C=O) groups excluding carboxylic acids is 1. The Morgan fingerprint density at radius 2 is 1.90 bits per heavy atom. The van der Waals surface area contributed by atoms with Crippen LogP contribution in [-0.2, 0) is 12.7 Å². The first-order chi connectivity index (χ1) is 14.8. The Labute approximate surface area is 185 Å². The molecule has 3 aromatic rings. The predicted molar refractivity (Wildman–Crippen MR) is 114 cm³/mol. The van der Waals surface area contributed by atoms with Crippen LogP contribution in [0.2, 0.25) is 5.02 Å². The first-order valence-electron chi connectivity index (χ1n) is 9.54. The highest BCUT2D eigenvalue weighted by Gasteiger charge is 2.35. The van der Waals surface area contributed by atoms with Crippen molar-refractivity contribution in [2.45, 2.75) is 12.7 Å². The topological polar surface area (TPSA) is 53.4 Å². The summed E-state index contributed by atoms with van der Waals surface area (Å²) in [7, 11) is 0. The fraction of sp³-hybridized carbons (Fsp3) is 0.300. The van der Waals surface area contributed by atoms with Gasteiger partial charge < -0.3 is 15.1 Å². The van der Waals surface area contributed by atoms with E-state index in [4.69, 9.17) is 11.6 Å². The predicted octanol–water partition coefficient (Wildman–Crippen LogP) is 4.64. The molecule has 0 spiro atoms. The molecule has 1 aliphatic heterocycles. The van der Waals surface area contributed by atoms with Gasteiger partial charge in [0.15, 0.2) is 5.69 Å². The number of thiophene rings is 1. The summed E-state index contributed by atoms with van der Waals surface area (Å²) in [5, 5.41) is 9.94. The zero-order valence-corrected chi connectivity index (χ0v) is 17.8. The quantitative estimate of drug-likeness (QED) is 0.605. The number of hydrogen-bond donors (Lipinski definition) is 1. The zero-order valence-electron chi connectivity index (χ0n) is 16.3. The largest absolute Gasteiger partial charge is 0.435 e. The molecular weight excluding hydrogens is 451 g/mol. The van der Waals surface area contributed by atoms with Gasteiger partial charge in [-0.05, 0) is 41.8 Å².